The van der Waals surface area contributed by atoms with Crippen molar-refractivity contribution in [2.75, 3.05) is 125 Å². The molecule has 0 aromatic rings. The molecule has 3 rings (SSSR count). The van der Waals surface area contributed by atoms with Crippen molar-refractivity contribution in [3.05, 3.63) is 0 Å². The maximum absolute atomic E-state index is 12.8. The van der Waals surface area contributed by atoms with E-state index in [0.29, 0.717) is 84.0 Å². The van der Waals surface area contributed by atoms with Gasteiger partial charge in [-0.2, -0.15) is 0 Å². The molecule has 0 spiro atoms. The van der Waals surface area contributed by atoms with Gasteiger partial charge in [0.15, 0.2) is 18.9 Å². The van der Waals surface area contributed by atoms with Crippen LogP contribution in [0.2, 0.25) is 0 Å². The largest absolute Gasteiger partial charge is 0.394 e. The van der Waals surface area contributed by atoms with E-state index in [1.165, 1.54) is 20.8 Å². The third-order valence-corrected chi connectivity index (χ3v) is 16.1. The lowest BCUT2D eigenvalue weighted by Crippen LogP contribution is -2.64. The predicted octanol–water partition coefficient (Wildman–Crippen LogP) is -7.19. The zero-order chi connectivity index (χ0) is 73.8. The van der Waals surface area contributed by atoms with Gasteiger partial charge in [0.2, 0.25) is 53.2 Å². The van der Waals surface area contributed by atoms with Gasteiger partial charge in [0.25, 0.3) is 0 Å². The molecule has 0 bridgehead atoms. The Morgan fingerprint density at radius 1 is 0.350 bits per heavy atom. The summed E-state index contributed by atoms with van der Waals surface area (Å²) in [5.74, 6) is -3.00. The van der Waals surface area contributed by atoms with Crippen LogP contribution in [0.3, 0.4) is 0 Å². The van der Waals surface area contributed by atoms with Crippen molar-refractivity contribution in [3.63, 3.8) is 0 Å². The molecule has 0 saturated carbocycles. The number of likely N-dealkylation sites (N-methyl/N-ethyl adjacent to an activating group) is 1. The molecule has 578 valence electrons. The molecular weight excluding hydrogens is 1330 g/mol. The van der Waals surface area contributed by atoms with Crippen molar-refractivity contribution in [1.29, 1.82) is 0 Å². The number of hydrogen-bond donors (Lipinski definition) is 19. The van der Waals surface area contributed by atoms with Crippen molar-refractivity contribution in [2.45, 2.75) is 221 Å². The molecule has 0 aromatic carbocycles. The topological polar surface area (TPSA) is 539 Å². The predicted molar refractivity (Wildman–Crippen MR) is 350 cm³/mol. The number of carbonyl (C=O) groups is 9. The van der Waals surface area contributed by atoms with Gasteiger partial charge in [-0.25, -0.2) is 0 Å². The molecule has 9 unspecified atom stereocenters. The summed E-state index contributed by atoms with van der Waals surface area (Å²) in [4.78, 5) is 111. The van der Waals surface area contributed by atoms with Crippen LogP contribution in [0.25, 0.3) is 0 Å². The Morgan fingerprint density at radius 2 is 0.600 bits per heavy atom. The zero-order valence-corrected chi connectivity index (χ0v) is 58.1. The first-order valence-corrected chi connectivity index (χ1v) is 34.5. The van der Waals surface area contributed by atoms with Gasteiger partial charge in [-0.3, -0.25) is 43.2 Å². The third-order valence-electron chi connectivity index (χ3n) is 16.1. The van der Waals surface area contributed by atoms with Gasteiger partial charge in [0.1, 0.15) is 73.1 Å². The van der Waals surface area contributed by atoms with Crippen LogP contribution >= 0.6 is 0 Å². The average molecular weight is 1440 g/mol. The van der Waals surface area contributed by atoms with Crippen LogP contribution in [-0.2, 0) is 85.8 Å². The maximum Gasteiger partial charge on any atom is 0.222 e. The van der Waals surface area contributed by atoms with Crippen LogP contribution < -0.4 is 53.2 Å². The van der Waals surface area contributed by atoms with Crippen molar-refractivity contribution < 1.29 is 132 Å². The lowest BCUT2D eigenvalue weighted by Gasteiger charge is -2.42. The highest BCUT2D eigenvalue weighted by Gasteiger charge is 2.48. The van der Waals surface area contributed by atoms with Gasteiger partial charge in [-0.15, -0.1) is 0 Å². The molecule has 100 heavy (non-hydrogen) atoms. The summed E-state index contributed by atoms with van der Waals surface area (Å²) < 4.78 is 51.7. The minimum Gasteiger partial charge on any atom is -0.394 e. The highest BCUT2D eigenvalue weighted by Crippen LogP contribution is 2.26. The molecule has 15 atom stereocenters. The molecule has 37 nitrogen and oxygen atoms in total. The van der Waals surface area contributed by atoms with Crippen LogP contribution in [0, 0.1) is 0 Å². The maximum atomic E-state index is 12.8. The van der Waals surface area contributed by atoms with Gasteiger partial charge in [0.05, 0.1) is 65.0 Å². The Bertz CT molecular complexity index is 2150. The van der Waals surface area contributed by atoms with Crippen molar-refractivity contribution in [2.24, 2.45) is 0 Å². The second kappa shape index (κ2) is 50.8. The number of carbonyl (C=O) groups excluding carboxylic acids is 9. The molecule has 0 aromatic heterocycles. The Kier molecular flexibility index (Phi) is 45.0. The standard InChI is InChI=1S/C63H114N10O27/c1-5-70-63(36-92-30-18-48(83)67-24-12-21-64-45(80)15-6-9-27-95-60-51(71-39(2)77)57(89)54(86)42(33-74)98-60,37-93-31-19-49(84)68-25-13-22-65-46(81)16-7-10-28-96-61-52(72-40(3)78)58(90)55(87)43(34-75)99-61)38-94-32-20-50(85)69-26-14-23-66-47(82)17-8-11-29-97-62-53(73-41(4)79)59(91)56(88)44(35-76)100-62/h42-44,51-62,70,74-76,86-91H,5-38H2,1-4H3,(H,64,80)(H,65,81)(H,66,82)(H,67,83)(H,68,84)(H,69,85)(H,71,77)(H,72,78)(H,73,79)/t42?,43?,44?,51?,52?,53?,54-,55-,56-,57?,58?,59?,60+,61+,62+,63?/m0/s1. The highest BCUT2D eigenvalue weighted by atomic mass is 16.7. The fourth-order valence-electron chi connectivity index (χ4n) is 10.7. The molecule has 3 fully saturated rings. The van der Waals surface area contributed by atoms with E-state index < -0.39 is 135 Å². The number of amides is 9. The molecule has 9 amide bonds. The summed E-state index contributed by atoms with van der Waals surface area (Å²) in [5.41, 5.74) is -0.990. The average Bonchev–Trinajstić information content (AvgIpc) is 0.824. The van der Waals surface area contributed by atoms with Crippen molar-refractivity contribution in [1.82, 2.24) is 53.2 Å². The van der Waals surface area contributed by atoms with E-state index in [-0.39, 0.29) is 153 Å². The Balaban J connectivity index is 1.38. The first-order valence-electron chi connectivity index (χ1n) is 34.5. The minimum atomic E-state index is -1.44. The van der Waals surface area contributed by atoms with E-state index in [1.807, 2.05) is 6.92 Å². The van der Waals surface area contributed by atoms with Gasteiger partial charge < -0.3 is 142 Å². The fourth-order valence-corrected chi connectivity index (χ4v) is 10.7. The number of aliphatic hydroxyl groups excluding tert-OH is 9. The van der Waals surface area contributed by atoms with Crippen LogP contribution in [0.4, 0.5) is 0 Å². The lowest BCUT2D eigenvalue weighted by molar-refractivity contribution is -0.270. The Morgan fingerprint density at radius 3 is 0.830 bits per heavy atom. The van der Waals surface area contributed by atoms with E-state index in [2.05, 4.69) is 53.2 Å². The summed E-state index contributed by atoms with van der Waals surface area (Å²) in [6.07, 6.45) is -11.0. The van der Waals surface area contributed by atoms with Crippen molar-refractivity contribution >= 4 is 53.2 Å². The quantitative estimate of drug-likeness (QED) is 0.0252. The molecule has 0 radical (unpaired) electrons. The first kappa shape index (κ1) is 88.7. The lowest BCUT2D eigenvalue weighted by atomic mass is 9.97. The van der Waals surface area contributed by atoms with Crippen LogP contribution in [0.5, 0.6) is 0 Å². The SMILES string of the molecule is CCNC(COCCC(=O)NCCCNC(=O)CCCCO[C@@H]1OC(CO)[C@H](O)C(O)C1NC(C)=O)(COCCC(=O)NCCCNC(=O)CCCCO[C@@H]1OC(CO)[C@H](O)C(O)C1NC(C)=O)COCCC(=O)NCCCNC(=O)CCCCO[C@@H]1OC(CO)[C@H](O)C(O)C1NC(C)=O. The highest BCUT2D eigenvalue weighted by molar-refractivity contribution is 5.78. The number of ether oxygens (including phenoxy) is 9. The number of unbranched alkanes of at least 4 members (excludes halogenated alkanes) is 3. The van der Waals surface area contributed by atoms with Gasteiger partial charge in [0, 0.05) is 118 Å². The minimum absolute atomic E-state index is 0.00328. The Labute approximate surface area is 582 Å². The molecule has 3 aliphatic rings. The monoisotopic (exact) mass is 1440 g/mol. The van der Waals surface area contributed by atoms with Crippen molar-refractivity contribution in [3.8, 4) is 0 Å². The van der Waals surface area contributed by atoms with Crippen LogP contribution in [0.1, 0.15) is 124 Å². The first-order chi connectivity index (χ1) is 47.9. The summed E-state index contributed by atoms with van der Waals surface area (Å²) in [6, 6.07) is -3.22. The smallest absolute Gasteiger partial charge is 0.222 e. The van der Waals surface area contributed by atoms with E-state index in [0.717, 1.165) is 0 Å². The van der Waals surface area contributed by atoms with E-state index in [9.17, 15) is 89.1 Å². The molecule has 37 heteroatoms. The summed E-state index contributed by atoms with van der Waals surface area (Å²) in [6.45, 7) is 6.29. The molecule has 3 saturated heterocycles. The fraction of sp³-hybridized carbons (Fsp3) is 0.857. The van der Waals surface area contributed by atoms with Gasteiger partial charge in [-0.05, 0) is 64.3 Å². The molecular formula is C63H114N10O27. The van der Waals surface area contributed by atoms with Crippen LogP contribution in [0.15, 0.2) is 0 Å². The Hall–Kier alpha value is -5.53. The molecule has 3 aliphatic heterocycles. The molecule has 3 heterocycles. The van der Waals surface area contributed by atoms with Crippen LogP contribution in [-0.4, -0.2) is 322 Å². The molecule has 0 aliphatic carbocycles. The van der Waals surface area contributed by atoms with E-state index in [4.69, 9.17) is 42.6 Å². The van der Waals surface area contributed by atoms with Gasteiger partial charge in [-0.1, -0.05) is 6.92 Å². The molecule has 19 N–H and O–H groups in total. The number of aliphatic hydroxyl groups is 9. The summed E-state index contributed by atoms with van der Waals surface area (Å²) in [7, 11) is 0. The second-order valence-corrected chi connectivity index (χ2v) is 24.7. The number of hydrogen-bond acceptors (Lipinski definition) is 28. The van der Waals surface area contributed by atoms with E-state index >= 15 is 0 Å². The summed E-state index contributed by atoms with van der Waals surface area (Å²) in [5, 5.41) is 118. The second-order valence-electron chi connectivity index (χ2n) is 24.7. The normalized spacial score (nSPS) is 25.7. The van der Waals surface area contributed by atoms with Gasteiger partial charge >= 0.3 is 0 Å². The number of rotatable bonds is 53. The third kappa shape index (κ3) is 35.1. The number of nitrogens with one attached hydrogen (secondary N) is 10. The van der Waals surface area contributed by atoms with E-state index in [1.54, 1.807) is 0 Å². The zero-order valence-electron chi connectivity index (χ0n) is 58.1. The summed E-state index contributed by atoms with van der Waals surface area (Å²) >= 11 is 0.